The van der Waals surface area contributed by atoms with Crippen LogP contribution in [0.4, 0.5) is 26.3 Å². The first-order valence-corrected chi connectivity index (χ1v) is 4.33. The Morgan fingerprint density at radius 3 is 1.94 bits per heavy atom. The summed E-state index contributed by atoms with van der Waals surface area (Å²) < 4.78 is 73.5. The third-order valence-corrected chi connectivity index (χ3v) is 1.48. The number of alkyl halides is 6. The van der Waals surface area contributed by atoms with Crippen LogP contribution in [0, 0.1) is 0 Å². The van der Waals surface area contributed by atoms with Gasteiger partial charge in [-0.05, 0) is 0 Å². The summed E-state index contributed by atoms with van der Waals surface area (Å²) in [5.74, 6) is -0.764. The fourth-order valence-corrected chi connectivity index (χ4v) is 0.780. The highest BCUT2D eigenvalue weighted by atomic mass is 19.4. The number of Topliss-reactive ketones (excluding diaryl/α,β-unsaturated/α-hetero) is 1. The zero-order valence-corrected chi connectivity index (χ0v) is 8.12. The van der Waals surface area contributed by atoms with Gasteiger partial charge in [0.25, 0.3) is 0 Å². The smallest absolute Gasteiger partial charge is 0.372 e. The summed E-state index contributed by atoms with van der Waals surface area (Å²) in [6, 6.07) is 0. The molecule has 0 spiro atoms. The molecule has 0 aromatic carbocycles. The molecule has 96 valence electrons. The lowest BCUT2D eigenvalue weighted by atomic mass is 10.2. The second-order valence-electron chi connectivity index (χ2n) is 3.07. The molecule has 0 saturated carbocycles. The van der Waals surface area contributed by atoms with Gasteiger partial charge in [0.1, 0.15) is 12.4 Å². The van der Waals surface area contributed by atoms with E-state index in [2.05, 4.69) is 4.74 Å². The number of hydrogen-bond donors (Lipinski definition) is 0. The van der Waals surface area contributed by atoms with E-state index in [-0.39, 0.29) is 0 Å². The van der Waals surface area contributed by atoms with E-state index in [1.165, 1.54) is 0 Å². The van der Waals surface area contributed by atoms with Gasteiger partial charge >= 0.3 is 12.4 Å². The van der Waals surface area contributed by atoms with Crippen LogP contribution in [0.1, 0.15) is 19.3 Å². The van der Waals surface area contributed by atoms with Crippen molar-refractivity contribution in [3.63, 3.8) is 0 Å². The van der Waals surface area contributed by atoms with Crippen molar-refractivity contribution in [3.8, 4) is 0 Å². The Bertz CT molecular complexity index is 220. The quantitative estimate of drug-likeness (QED) is 0.536. The van der Waals surface area contributed by atoms with E-state index >= 15 is 0 Å². The summed E-state index contributed by atoms with van der Waals surface area (Å²) in [7, 11) is 0. The summed E-state index contributed by atoms with van der Waals surface area (Å²) in [6.45, 7) is -2.02. The second-order valence-corrected chi connectivity index (χ2v) is 3.07. The lowest BCUT2D eigenvalue weighted by molar-refractivity contribution is -0.174. The first-order chi connectivity index (χ1) is 7.10. The van der Waals surface area contributed by atoms with Crippen LogP contribution < -0.4 is 0 Å². The predicted molar refractivity (Wildman–Crippen MR) is 41.8 cm³/mol. The van der Waals surface area contributed by atoms with Gasteiger partial charge in [0.2, 0.25) is 0 Å². The number of carbonyl (C=O) groups excluding carboxylic acids is 1. The third kappa shape index (κ3) is 11.3. The van der Waals surface area contributed by atoms with Crippen LogP contribution in [-0.2, 0) is 9.53 Å². The van der Waals surface area contributed by atoms with Gasteiger partial charge in [0.15, 0.2) is 0 Å². The minimum Gasteiger partial charge on any atom is -0.372 e. The highest BCUT2D eigenvalue weighted by Crippen LogP contribution is 2.21. The minimum atomic E-state index is -4.49. The number of hydrogen-bond acceptors (Lipinski definition) is 2. The van der Waals surface area contributed by atoms with Crippen LogP contribution in [0.15, 0.2) is 0 Å². The summed E-state index contributed by atoms with van der Waals surface area (Å²) in [6.07, 6.45) is -11.3. The Labute approximate surface area is 87.6 Å². The van der Waals surface area contributed by atoms with Gasteiger partial charge in [0.05, 0.1) is 13.0 Å². The molecule has 0 heterocycles. The first kappa shape index (κ1) is 15.2. The normalized spacial score (nSPS) is 12.9. The molecule has 0 aliphatic carbocycles. The number of rotatable bonds is 6. The van der Waals surface area contributed by atoms with Crippen LogP contribution in [0.3, 0.4) is 0 Å². The SMILES string of the molecule is O=C(CCOCC(F)(F)F)CCC(F)(F)F. The lowest BCUT2D eigenvalue weighted by Crippen LogP contribution is -2.18. The van der Waals surface area contributed by atoms with Gasteiger partial charge in [-0.25, -0.2) is 0 Å². The van der Waals surface area contributed by atoms with Crippen molar-refractivity contribution in [1.29, 1.82) is 0 Å². The zero-order chi connectivity index (χ0) is 12.8. The minimum absolute atomic E-state index is 0.438. The molecular weight excluding hydrogens is 242 g/mol. The Hall–Kier alpha value is -0.790. The number of halogens is 6. The Kier molecular flexibility index (Phi) is 5.77. The monoisotopic (exact) mass is 252 g/mol. The predicted octanol–water partition coefficient (Wildman–Crippen LogP) is 2.87. The fourth-order valence-electron chi connectivity index (χ4n) is 0.780. The van der Waals surface area contributed by atoms with E-state index in [4.69, 9.17) is 0 Å². The Balaban J connectivity index is 3.52. The highest BCUT2D eigenvalue weighted by molar-refractivity contribution is 5.78. The molecule has 0 unspecified atom stereocenters. The van der Waals surface area contributed by atoms with Crippen molar-refractivity contribution >= 4 is 5.78 Å². The molecule has 0 radical (unpaired) electrons. The van der Waals surface area contributed by atoms with E-state index in [0.29, 0.717) is 0 Å². The van der Waals surface area contributed by atoms with Crippen molar-refractivity contribution in [2.24, 2.45) is 0 Å². The van der Waals surface area contributed by atoms with Crippen LogP contribution in [-0.4, -0.2) is 31.3 Å². The van der Waals surface area contributed by atoms with E-state index < -0.39 is 50.6 Å². The Morgan fingerprint density at radius 2 is 1.50 bits per heavy atom. The third-order valence-electron chi connectivity index (χ3n) is 1.48. The molecule has 8 heteroatoms. The van der Waals surface area contributed by atoms with Crippen molar-refractivity contribution in [1.82, 2.24) is 0 Å². The largest absolute Gasteiger partial charge is 0.411 e. The molecule has 0 atom stereocenters. The molecule has 0 saturated heterocycles. The van der Waals surface area contributed by atoms with Gasteiger partial charge in [-0.2, -0.15) is 26.3 Å². The van der Waals surface area contributed by atoms with Crippen molar-refractivity contribution in [2.45, 2.75) is 31.6 Å². The highest BCUT2D eigenvalue weighted by Gasteiger charge is 2.28. The zero-order valence-electron chi connectivity index (χ0n) is 8.12. The molecule has 0 aromatic heterocycles. The van der Waals surface area contributed by atoms with Crippen molar-refractivity contribution in [2.75, 3.05) is 13.2 Å². The molecule has 0 rings (SSSR count). The van der Waals surface area contributed by atoms with Crippen molar-refractivity contribution in [3.05, 3.63) is 0 Å². The van der Waals surface area contributed by atoms with Gasteiger partial charge in [0, 0.05) is 12.8 Å². The maximum Gasteiger partial charge on any atom is 0.411 e. The average Bonchev–Trinajstić information content (AvgIpc) is 2.06. The average molecular weight is 252 g/mol. The van der Waals surface area contributed by atoms with Gasteiger partial charge in [-0.3, -0.25) is 4.79 Å². The van der Waals surface area contributed by atoms with Gasteiger partial charge in [-0.1, -0.05) is 0 Å². The number of ether oxygens (including phenoxy) is 1. The summed E-state index contributed by atoms with van der Waals surface area (Å²) in [5, 5.41) is 0. The molecule has 0 aliphatic heterocycles. The first-order valence-electron chi connectivity index (χ1n) is 4.33. The Morgan fingerprint density at radius 1 is 0.938 bits per heavy atom. The van der Waals surface area contributed by atoms with Crippen molar-refractivity contribution < 1.29 is 35.9 Å². The molecule has 0 amide bonds. The van der Waals surface area contributed by atoms with E-state index in [0.717, 1.165) is 0 Å². The van der Waals surface area contributed by atoms with Gasteiger partial charge < -0.3 is 4.74 Å². The topological polar surface area (TPSA) is 26.3 Å². The summed E-state index contributed by atoms with van der Waals surface area (Å²) >= 11 is 0. The summed E-state index contributed by atoms with van der Waals surface area (Å²) in [4.78, 5) is 10.8. The molecule has 0 N–H and O–H groups in total. The molecule has 0 fully saturated rings. The standard InChI is InChI=1S/C8H10F6O2/c9-7(10,11)3-1-6(15)2-4-16-5-8(12,13)14/h1-5H2. The van der Waals surface area contributed by atoms with Crippen LogP contribution >= 0.6 is 0 Å². The molecule has 2 nitrogen and oxygen atoms in total. The maximum absolute atomic E-state index is 11.6. The number of ketones is 1. The lowest BCUT2D eigenvalue weighted by Gasteiger charge is -2.07. The van der Waals surface area contributed by atoms with E-state index in [9.17, 15) is 31.1 Å². The van der Waals surface area contributed by atoms with E-state index in [1.807, 2.05) is 0 Å². The van der Waals surface area contributed by atoms with E-state index in [1.54, 1.807) is 0 Å². The van der Waals surface area contributed by atoms with Gasteiger partial charge in [-0.15, -0.1) is 0 Å². The maximum atomic E-state index is 11.6. The number of carbonyl (C=O) groups is 1. The molecule has 0 aromatic rings. The second kappa shape index (κ2) is 6.07. The van der Waals surface area contributed by atoms with Crippen LogP contribution in [0.5, 0.6) is 0 Å². The molecule has 0 bridgehead atoms. The van der Waals surface area contributed by atoms with Crippen LogP contribution in [0.25, 0.3) is 0 Å². The fraction of sp³-hybridized carbons (Fsp3) is 0.875. The summed E-state index contributed by atoms with van der Waals surface area (Å²) in [5.41, 5.74) is 0. The molecule has 0 aliphatic rings. The molecule has 16 heavy (non-hydrogen) atoms. The van der Waals surface area contributed by atoms with Crippen LogP contribution in [0.2, 0.25) is 0 Å². The molecular formula is C8H10F6O2.